The number of carboxylic acid groups (broad SMARTS) is 1. The van der Waals surface area contributed by atoms with Crippen molar-refractivity contribution in [3.63, 3.8) is 0 Å². The maximum Gasteiger partial charge on any atom is 0.325 e. The van der Waals surface area contributed by atoms with Crippen molar-refractivity contribution in [1.82, 2.24) is 15.5 Å². The third-order valence-corrected chi connectivity index (χ3v) is 4.63. The molecule has 1 fully saturated rings. The molecule has 0 aromatic heterocycles. The van der Waals surface area contributed by atoms with E-state index in [0.717, 1.165) is 0 Å². The topological polar surface area (TPSA) is 162 Å². The summed E-state index contributed by atoms with van der Waals surface area (Å²) in [5, 5.41) is 23.7. The number of rotatable bonds is 8. The number of nitrogens with zero attached hydrogens (tertiary/aromatic N) is 1. The van der Waals surface area contributed by atoms with Gasteiger partial charge in [0.1, 0.15) is 18.1 Å². The number of aliphatic carboxylic acids is 1. The fraction of sp³-hybridized carbons (Fsp3) is 0.765. The molecule has 1 aliphatic heterocycles. The van der Waals surface area contributed by atoms with E-state index >= 15 is 0 Å². The Morgan fingerprint density at radius 3 is 2.19 bits per heavy atom. The van der Waals surface area contributed by atoms with Gasteiger partial charge < -0.3 is 31.5 Å². The van der Waals surface area contributed by atoms with Gasteiger partial charge in [-0.1, -0.05) is 13.8 Å². The second kappa shape index (κ2) is 9.65. The molecule has 27 heavy (non-hydrogen) atoms. The van der Waals surface area contributed by atoms with Crippen LogP contribution < -0.4 is 16.4 Å². The van der Waals surface area contributed by atoms with E-state index < -0.39 is 54.0 Å². The van der Waals surface area contributed by atoms with Gasteiger partial charge in [0.15, 0.2) is 0 Å². The molecule has 10 nitrogen and oxygen atoms in total. The lowest BCUT2D eigenvalue weighted by Gasteiger charge is -2.31. The van der Waals surface area contributed by atoms with Crippen LogP contribution in [0.3, 0.4) is 0 Å². The fourth-order valence-electron chi connectivity index (χ4n) is 2.79. The number of hydrogen-bond acceptors (Lipinski definition) is 6. The van der Waals surface area contributed by atoms with Gasteiger partial charge in [0.05, 0.1) is 12.1 Å². The number of nitrogens with one attached hydrogen (secondary N) is 2. The molecule has 10 heteroatoms. The highest BCUT2D eigenvalue weighted by Crippen LogP contribution is 2.19. The van der Waals surface area contributed by atoms with E-state index in [4.69, 9.17) is 10.8 Å². The van der Waals surface area contributed by atoms with Crippen LogP contribution in [0.4, 0.5) is 0 Å². The highest BCUT2D eigenvalue weighted by Gasteiger charge is 2.40. The zero-order valence-corrected chi connectivity index (χ0v) is 16.1. The van der Waals surface area contributed by atoms with Gasteiger partial charge in [-0.2, -0.15) is 0 Å². The summed E-state index contributed by atoms with van der Waals surface area (Å²) >= 11 is 0. The molecule has 0 saturated carbocycles. The summed E-state index contributed by atoms with van der Waals surface area (Å²) in [6, 6.07) is -4.02. The van der Waals surface area contributed by atoms with Crippen LogP contribution in [0.5, 0.6) is 0 Å². The molecule has 6 N–H and O–H groups in total. The van der Waals surface area contributed by atoms with Crippen LogP contribution in [0.2, 0.25) is 0 Å². The Labute approximate surface area is 158 Å². The summed E-state index contributed by atoms with van der Waals surface area (Å²) in [6.45, 7) is 6.48. The molecule has 0 aliphatic carbocycles. The van der Waals surface area contributed by atoms with E-state index in [1.165, 1.54) is 18.7 Å². The van der Waals surface area contributed by atoms with E-state index in [0.29, 0.717) is 12.8 Å². The third kappa shape index (κ3) is 5.90. The van der Waals surface area contributed by atoms with Crippen LogP contribution in [0.1, 0.15) is 40.5 Å². The first-order valence-corrected chi connectivity index (χ1v) is 9.05. The van der Waals surface area contributed by atoms with Crippen molar-refractivity contribution in [2.75, 3.05) is 6.54 Å². The van der Waals surface area contributed by atoms with Gasteiger partial charge in [-0.05, 0) is 32.6 Å². The molecule has 5 unspecified atom stereocenters. The van der Waals surface area contributed by atoms with E-state index in [9.17, 15) is 24.3 Å². The minimum Gasteiger partial charge on any atom is -0.480 e. The van der Waals surface area contributed by atoms with Crippen LogP contribution in [0.25, 0.3) is 0 Å². The summed E-state index contributed by atoms with van der Waals surface area (Å²) in [6.07, 6.45) is -0.268. The van der Waals surface area contributed by atoms with Gasteiger partial charge in [0, 0.05) is 6.54 Å². The zero-order chi connectivity index (χ0) is 20.9. The van der Waals surface area contributed by atoms with Crippen molar-refractivity contribution < 1.29 is 29.4 Å². The van der Waals surface area contributed by atoms with Crippen molar-refractivity contribution >= 4 is 23.7 Å². The lowest BCUT2D eigenvalue weighted by molar-refractivity contribution is -0.145. The van der Waals surface area contributed by atoms with Crippen LogP contribution in [0.15, 0.2) is 0 Å². The largest absolute Gasteiger partial charge is 0.480 e. The first-order chi connectivity index (χ1) is 12.5. The Kier molecular flexibility index (Phi) is 8.17. The minimum absolute atomic E-state index is 0.155. The molecule has 154 valence electrons. The van der Waals surface area contributed by atoms with E-state index in [1.54, 1.807) is 13.8 Å². The number of aliphatic hydroxyl groups excluding tert-OH is 1. The predicted octanol–water partition coefficient (Wildman–Crippen LogP) is -1.58. The summed E-state index contributed by atoms with van der Waals surface area (Å²) in [4.78, 5) is 49.6. The van der Waals surface area contributed by atoms with Crippen molar-refractivity contribution in [3.05, 3.63) is 0 Å². The number of amides is 3. The highest BCUT2D eigenvalue weighted by molar-refractivity contribution is 5.94. The van der Waals surface area contributed by atoms with E-state index in [2.05, 4.69) is 10.6 Å². The molecule has 0 spiro atoms. The standard InChI is InChI=1S/C17H30N4O6/c1-8(2)12(18)15(24)20-13(10(4)22)16(25)21-7-5-6-11(21)14(23)19-9(3)17(26)27/h8-13,22H,5-7,18H2,1-4H3,(H,19,23)(H,20,24)(H,26,27). The number of carboxylic acids is 1. The highest BCUT2D eigenvalue weighted by atomic mass is 16.4. The third-order valence-electron chi connectivity index (χ3n) is 4.63. The smallest absolute Gasteiger partial charge is 0.325 e. The maximum absolute atomic E-state index is 12.9. The quantitative estimate of drug-likeness (QED) is 0.336. The van der Waals surface area contributed by atoms with E-state index in [1.807, 2.05) is 0 Å². The average molecular weight is 386 g/mol. The van der Waals surface area contributed by atoms with Gasteiger partial charge in [-0.25, -0.2) is 0 Å². The lowest BCUT2D eigenvalue weighted by atomic mass is 10.0. The number of likely N-dealkylation sites (tertiary alicyclic amines) is 1. The van der Waals surface area contributed by atoms with Crippen molar-refractivity contribution in [2.24, 2.45) is 11.7 Å². The second-order valence-electron chi connectivity index (χ2n) is 7.25. The normalized spacial score (nSPS) is 21.3. The van der Waals surface area contributed by atoms with Gasteiger partial charge in [-0.3, -0.25) is 19.2 Å². The molecule has 0 bridgehead atoms. The first-order valence-electron chi connectivity index (χ1n) is 9.05. The minimum atomic E-state index is -1.24. The summed E-state index contributed by atoms with van der Waals surface area (Å²) in [5.74, 6) is -3.09. The number of carbonyl (C=O) groups is 4. The van der Waals surface area contributed by atoms with Gasteiger partial charge in [0.2, 0.25) is 17.7 Å². The van der Waals surface area contributed by atoms with Crippen LogP contribution in [0, 0.1) is 5.92 Å². The molecule has 0 aromatic carbocycles. The molecule has 1 rings (SSSR count). The molecule has 1 aliphatic rings. The Balaban J connectivity index is 2.89. The number of nitrogens with two attached hydrogens (primary N) is 1. The summed E-state index contributed by atoms with van der Waals surface area (Å²) in [5.41, 5.74) is 5.78. The molecular weight excluding hydrogens is 356 g/mol. The van der Waals surface area contributed by atoms with Gasteiger partial charge in [0.25, 0.3) is 0 Å². The molecule has 3 amide bonds. The summed E-state index contributed by atoms with van der Waals surface area (Å²) in [7, 11) is 0. The second-order valence-corrected chi connectivity index (χ2v) is 7.25. The average Bonchev–Trinajstić information content (AvgIpc) is 3.07. The van der Waals surface area contributed by atoms with Crippen LogP contribution >= 0.6 is 0 Å². The molecule has 1 saturated heterocycles. The van der Waals surface area contributed by atoms with Gasteiger partial charge in [-0.15, -0.1) is 0 Å². The van der Waals surface area contributed by atoms with Crippen molar-refractivity contribution in [2.45, 2.75) is 70.8 Å². The Morgan fingerprint density at radius 2 is 1.70 bits per heavy atom. The zero-order valence-electron chi connectivity index (χ0n) is 16.1. The Hall–Kier alpha value is -2.20. The Bertz CT molecular complexity index is 580. The number of hydrogen-bond donors (Lipinski definition) is 5. The Morgan fingerprint density at radius 1 is 1.11 bits per heavy atom. The molecule has 5 atom stereocenters. The number of aliphatic hydroxyl groups is 1. The van der Waals surface area contributed by atoms with Gasteiger partial charge >= 0.3 is 5.97 Å². The van der Waals surface area contributed by atoms with Crippen LogP contribution in [-0.4, -0.2) is 75.6 Å². The molecule has 1 heterocycles. The van der Waals surface area contributed by atoms with Crippen molar-refractivity contribution in [1.29, 1.82) is 0 Å². The molecule has 0 radical (unpaired) electrons. The number of carbonyl (C=O) groups excluding carboxylic acids is 3. The molecule has 0 aromatic rings. The SMILES string of the molecule is CC(NC(=O)C1CCCN1C(=O)C(NC(=O)C(N)C(C)C)C(C)O)C(=O)O. The lowest BCUT2D eigenvalue weighted by Crippen LogP contribution is -2.59. The molecular formula is C17H30N4O6. The van der Waals surface area contributed by atoms with Crippen molar-refractivity contribution in [3.8, 4) is 0 Å². The maximum atomic E-state index is 12.9. The van der Waals surface area contributed by atoms with E-state index in [-0.39, 0.29) is 12.5 Å². The van der Waals surface area contributed by atoms with Crippen LogP contribution in [-0.2, 0) is 19.2 Å². The fourth-order valence-corrected chi connectivity index (χ4v) is 2.79. The predicted molar refractivity (Wildman–Crippen MR) is 96.4 cm³/mol. The first kappa shape index (κ1) is 22.8. The summed E-state index contributed by atoms with van der Waals surface area (Å²) < 4.78 is 0. The monoisotopic (exact) mass is 386 g/mol.